The van der Waals surface area contributed by atoms with E-state index < -0.39 is 0 Å². The third-order valence-corrected chi connectivity index (χ3v) is 5.62. The molecular weight excluding hydrogens is 204 g/mol. The third kappa shape index (κ3) is 0.994. The van der Waals surface area contributed by atoms with Crippen LogP contribution >= 0.6 is 0 Å². The molecule has 6 atom stereocenters. The van der Waals surface area contributed by atoms with E-state index in [1.165, 1.54) is 19.3 Å². The highest BCUT2D eigenvalue weighted by Gasteiger charge is 2.57. The number of esters is 2. The van der Waals surface area contributed by atoms with Gasteiger partial charge in [-0.15, -0.1) is 0 Å². The number of rotatable bonds is 0. The second-order valence-corrected chi connectivity index (χ2v) is 6.09. The Morgan fingerprint density at radius 2 is 1.31 bits per heavy atom. The summed E-state index contributed by atoms with van der Waals surface area (Å²) in [7, 11) is 0. The SMILES string of the molecule is O=C1OC(=O)C2CC3C4CCC(C4)C3CC12. The van der Waals surface area contributed by atoms with Gasteiger partial charge in [0, 0.05) is 0 Å². The molecule has 4 fully saturated rings. The number of hydrogen-bond acceptors (Lipinski definition) is 3. The summed E-state index contributed by atoms with van der Waals surface area (Å²) in [4.78, 5) is 23.1. The second kappa shape index (κ2) is 2.88. The molecule has 1 heterocycles. The molecule has 3 saturated carbocycles. The molecule has 3 nitrogen and oxygen atoms in total. The minimum atomic E-state index is -0.240. The van der Waals surface area contributed by atoms with Crippen LogP contribution in [0.4, 0.5) is 0 Å². The predicted octanol–water partition coefficient (Wildman–Crippen LogP) is 1.76. The van der Waals surface area contributed by atoms with E-state index >= 15 is 0 Å². The van der Waals surface area contributed by atoms with Crippen LogP contribution in [0, 0.1) is 35.5 Å². The molecule has 0 aromatic carbocycles. The van der Waals surface area contributed by atoms with E-state index in [1.807, 2.05) is 0 Å². The van der Waals surface area contributed by atoms with Crippen molar-refractivity contribution in [3.05, 3.63) is 0 Å². The Bertz CT molecular complexity index is 341. The topological polar surface area (TPSA) is 43.4 Å². The number of hydrogen-bond donors (Lipinski definition) is 0. The number of fused-ring (bicyclic) bond motifs is 6. The van der Waals surface area contributed by atoms with E-state index in [0.29, 0.717) is 0 Å². The lowest BCUT2D eigenvalue weighted by atomic mass is 9.64. The van der Waals surface area contributed by atoms with E-state index in [1.54, 1.807) is 0 Å². The first-order valence-electron chi connectivity index (χ1n) is 6.49. The van der Waals surface area contributed by atoms with Gasteiger partial charge in [-0.2, -0.15) is 0 Å². The predicted molar refractivity (Wildman–Crippen MR) is 55.1 cm³/mol. The van der Waals surface area contributed by atoms with Crippen LogP contribution in [0.1, 0.15) is 32.1 Å². The minimum Gasteiger partial charge on any atom is -0.393 e. The molecule has 2 bridgehead atoms. The number of carbonyl (C=O) groups is 2. The Balaban J connectivity index is 1.65. The van der Waals surface area contributed by atoms with Crippen molar-refractivity contribution in [2.75, 3.05) is 0 Å². The van der Waals surface area contributed by atoms with Crippen molar-refractivity contribution >= 4 is 11.9 Å². The van der Waals surface area contributed by atoms with Crippen molar-refractivity contribution in [2.24, 2.45) is 35.5 Å². The summed E-state index contributed by atoms with van der Waals surface area (Å²) in [5.74, 6) is 2.48. The molecule has 6 unspecified atom stereocenters. The van der Waals surface area contributed by atoms with Crippen molar-refractivity contribution in [3.63, 3.8) is 0 Å². The van der Waals surface area contributed by atoms with Gasteiger partial charge >= 0.3 is 11.9 Å². The summed E-state index contributed by atoms with van der Waals surface area (Å²) in [6.45, 7) is 0. The highest BCUT2D eigenvalue weighted by atomic mass is 16.6. The lowest BCUT2D eigenvalue weighted by molar-refractivity contribution is -0.153. The summed E-state index contributed by atoms with van der Waals surface area (Å²) in [6, 6.07) is 0. The van der Waals surface area contributed by atoms with Crippen LogP contribution in [0.15, 0.2) is 0 Å². The smallest absolute Gasteiger partial charge is 0.317 e. The van der Waals surface area contributed by atoms with Crippen LogP contribution in [0.25, 0.3) is 0 Å². The highest BCUT2D eigenvalue weighted by Crippen LogP contribution is 2.60. The first kappa shape index (κ1) is 9.20. The second-order valence-electron chi connectivity index (χ2n) is 6.09. The maximum Gasteiger partial charge on any atom is 0.317 e. The van der Waals surface area contributed by atoms with Crippen LogP contribution in [0.2, 0.25) is 0 Å². The first-order valence-corrected chi connectivity index (χ1v) is 6.49. The summed E-state index contributed by atoms with van der Waals surface area (Å²) >= 11 is 0. The normalized spacial score (nSPS) is 53.8. The zero-order valence-corrected chi connectivity index (χ0v) is 9.22. The first-order chi connectivity index (χ1) is 7.74. The fourth-order valence-electron chi connectivity index (χ4n) is 4.95. The van der Waals surface area contributed by atoms with Crippen LogP contribution in [0.5, 0.6) is 0 Å². The van der Waals surface area contributed by atoms with Crippen LogP contribution < -0.4 is 0 Å². The number of cyclic esters (lactones) is 2. The van der Waals surface area contributed by atoms with Gasteiger partial charge in [0.2, 0.25) is 0 Å². The van der Waals surface area contributed by atoms with Gasteiger partial charge in [0.25, 0.3) is 0 Å². The van der Waals surface area contributed by atoms with E-state index in [4.69, 9.17) is 4.74 Å². The fourth-order valence-corrected chi connectivity index (χ4v) is 4.95. The van der Waals surface area contributed by atoms with Crippen molar-refractivity contribution in [1.82, 2.24) is 0 Å². The van der Waals surface area contributed by atoms with Gasteiger partial charge < -0.3 is 4.74 Å². The molecule has 0 N–H and O–H groups in total. The fraction of sp³-hybridized carbons (Fsp3) is 0.846. The van der Waals surface area contributed by atoms with Crippen LogP contribution in [0.3, 0.4) is 0 Å². The Hall–Kier alpha value is -0.860. The zero-order chi connectivity index (χ0) is 10.9. The molecule has 1 saturated heterocycles. The lowest BCUT2D eigenvalue weighted by Gasteiger charge is -2.38. The number of carbonyl (C=O) groups excluding carboxylic acids is 2. The third-order valence-electron chi connectivity index (χ3n) is 5.62. The molecule has 3 aliphatic carbocycles. The van der Waals surface area contributed by atoms with E-state index in [2.05, 4.69) is 0 Å². The van der Waals surface area contributed by atoms with Gasteiger partial charge in [0.1, 0.15) is 0 Å². The van der Waals surface area contributed by atoms with E-state index in [-0.39, 0.29) is 23.8 Å². The van der Waals surface area contributed by atoms with Crippen LogP contribution in [-0.2, 0) is 14.3 Å². The average Bonchev–Trinajstić information content (AvgIpc) is 2.93. The Morgan fingerprint density at radius 3 is 1.81 bits per heavy atom. The standard InChI is InChI=1S/C13H16O3/c14-12-10-4-8-6-1-2-7(3-6)9(8)5-11(10)13(15)16-12/h6-11H,1-5H2. The quantitative estimate of drug-likeness (QED) is 0.461. The summed E-state index contributed by atoms with van der Waals surface area (Å²) in [5.41, 5.74) is 0. The highest BCUT2D eigenvalue weighted by molar-refractivity contribution is 5.96. The minimum absolute atomic E-state index is 0.0897. The van der Waals surface area contributed by atoms with Crippen molar-refractivity contribution in [2.45, 2.75) is 32.1 Å². The summed E-state index contributed by atoms with van der Waals surface area (Å²) in [6.07, 6.45) is 5.93. The van der Waals surface area contributed by atoms with Gasteiger partial charge in [-0.25, -0.2) is 0 Å². The molecular formula is C13H16O3. The largest absolute Gasteiger partial charge is 0.393 e. The average molecular weight is 220 g/mol. The van der Waals surface area contributed by atoms with Gasteiger partial charge in [0.15, 0.2) is 0 Å². The maximum absolute atomic E-state index is 11.6. The van der Waals surface area contributed by atoms with Gasteiger partial charge in [0.05, 0.1) is 11.8 Å². The Labute approximate surface area is 94.5 Å². The lowest BCUT2D eigenvalue weighted by Crippen LogP contribution is -2.36. The molecule has 0 aromatic heterocycles. The maximum atomic E-state index is 11.6. The summed E-state index contributed by atoms with van der Waals surface area (Å²) in [5, 5.41) is 0. The van der Waals surface area contributed by atoms with Gasteiger partial charge in [-0.3, -0.25) is 9.59 Å². The molecule has 86 valence electrons. The molecule has 0 radical (unpaired) electrons. The van der Waals surface area contributed by atoms with Crippen molar-refractivity contribution in [3.8, 4) is 0 Å². The molecule has 3 heteroatoms. The van der Waals surface area contributed by atoms with Gasteiger partial charge in [-0.1, -0.05) is 0 Å². The monoisotopic (exact) mass is 220 g/mol. The Kier molecular flexibility index (Phi) is 1.65. The molecule has 0 spiro atoms. The molecule has 16 heavy (non-hydrogen) atoms. The van der Waals surface area contributed by atoms with Crippen LogP contribution in [-0.4, -0.2) is 11.9 Å². The molecule has 4 aliphatic rings. The Morgan fingerprint density at radius 1 is 0.812 bits per heavy atom. The zero-order valence-electron chi connectivity index (χ0n) is 9.22. The van der Waals surface area contributed by atoms with E-state index in [9.17, 15) is 9.59 Å². The van der Waals surface area contributed by atoms with Gasteiger partial charge in [-0.05, 0) is 55.8 Å². The number of ether oxygens (including phenoxy) is 1. The molecule has 1 aliphatic heterocycles. The molecule has 0 aromatic rings. The van der Waals surface area contributed by atoms with Crippen molar-refractivity contribution < 1.29 is 14.3 Å². The van der Waals surface area contributed by atoms with E-state index in [0.717, 1.165) is 36.5 Å². The summed E-state index contributed by atoms with van der Waals surface area (Å²) < 4.78 is 4.79. The molecule has 4 rings (SSSR count). The molecule has 0 amide bonds. The van der Waals surface area contributed by atoms with Crippen molar-refractivity contribution in [1.29, 1.82) is 0 Å².